The minimum Gasteiger partial charge on any atom is -0.384 e. The molecule has 0 saturated heterocycles. The number of aromatic nitrogens is 2. The van der Waals surface area contributed by atoms with Crippen LogP contribution in [0.1, 0.15) is 45.0 Å². The van der Waals surface area contributed by atoms with Crippen LogP contribution in [0.2, 0.25) is 0 Å². The fourth-order valence-corrected chi connectivity index (χ4v) is 2.50. The molecule has 0 bridgehead atoms. The molecule has 3 nitrogen and oxygen atoms in total. The first-order chi connectivity index (χ1) is 8.21. The van der Waals surface area contributed by atoms with Crippen LogP contribution in [-0.2, 0) is 5.60 Å². The summed E-state index contributed by atoms with van der Waals surface area (Å²) in [6.07, 6.45) is 1.77. The molecule has 0 radical (unpaired) electrons. The lowest BCUT2D eigenvalue weighted by Crippen LogP contribution is -2.19. The Morgan fingerprint density at radius 2 is 2.06 bits per heavy atom. The quantitative estimate of drug-likeness (QED) is 0.920. The monoisotopic (exact) mass is 314 g/mol. The van der Waals surface area contributed by atoms with Gasteiger partial charge in [0.15, 0.2) is 11.5 Å². The van der Waals surface area contributed by atoms with Crippen LogP contribution in [0.5, 0.6) is 0 Å². The molecule has 0 aromatic carbocycles. The predicted molar refractivity (Wildman–Crippen MR) is 72.2 cm³/mol. The SMILES string of the molecule is CC(C)c1c(C(C)(C)O)nc2c(F)cc(Br)cn12. The first-order valence-corrected chi connectivity index (χ1v) is 6.61. The van der Waals surface area contributed by atoms with E-state index in [4.69, 9.17) is 0 Å². The number of hydrogen-bond acceptors (Lipinski definition) is 2. The van der Waals surface area contributed by atoms with Crippen molar-refractivity contribution in [2.75, 3.05) is 0 Å². The molecule has 0 aliphatic heterocycles. The maximum absolute atomic E-state index is 13.9. The van der Waals surface area contributed by atoms with Gasteiger partial charge in [-0.1, -0.05) is 13.8 Å². The molecule has 0 unspecified atom stereocenters. The van der Waals surface area contributed by atoms with E-state index in [2.05, 4.69) is 20.9 Å². The van der Waals surface area contributed by atoms with E-state index in [1.807, 2.05) is 13.8 Å². The third-order valence-corrected chi connectivity index (χ3v) is 3.24. The van der Waals surface area contributed by atoms with Crippen LogP contribution < -0.4 is 0 Å². The topological polar surface area (TPSA) is 37.5 Å². The second-order valence-electron chi connectivity index (χ2n) is 5.26. The molecule has 2 aromatic heterocycles. The van der Waals surface area contributed by atoms with Gasteiger partial charge in [0.2, 0.25) is 0 Å². The minimum absolute atomic E-state index is 0.134. The highest BCUT2D eigenvalue weighted by molar-refractivity contribution is 9.10. The number of fused-ring (bicyclic) bond motifs is 1. The minimum atomic E-state index is -1.09. The molecular weight excluding hydrogens is 299 g/mol. The molecule has 0 amide bonds. The average Bonchev–Trinajstić information content (AvgIpc) is 2.55. The molecule has 0 aliphatic rings. The van der Waals surface area contributed by atoms with Crippen molar-refractivity contribution in [2.24, 2.45) is 0 Å². The number of halogens is 2. The summed E-state index contributed by atoms with van der Waals surface area (Å²) >= 11 is 3.28. The van der Waals surface area contributed by atoms with E-state index in [0.29, 0.717) is 10.2 Å². The Kier molecular flexibility index (Phi) is 3.23. The predicted octanol–water partition coefficient (Wildman–Crippen LogP) is 3.59. The van der Waals surface area contributed by atoms with Crippen LogP contribution in [0, 0.1) is 5.82 Å². The summed E-state index contributed by atoms with van der Waals surface area (Å²) in [7, 11) is 0. The van der Waals surface area contributed by atoms with E-state index in [1.165, 1.54) is 6.07 Å². The van der Waals surface area contributed by atoms with Crippen molar-refractivity contribution in [2.45, 2.75) is 39.2 Å². The van der Waals surface area contributed by atoms with E-state index >= 15 is 0 Å². The van der Waals surface area contributed by atoms with Gasteiger partial charge in [-0.05, 0) is 41.8 Å². The standard InChI is InChI=1S/C13H16BrFN2O/c1-7(2)10-11(13(3,4)18)16-12-9(15)5-8(14)6-17(10)12/h5-7,18H,1-4H3. The molecule has 2 heterocycles. The Morgan fingerprint density at radius 1 is 1.44 bits per heavy atom. The second kappa shape index (κ2) is 4.31. The lowest BCUT2D eigenvalue weighted by molar-refractivity contribution is 0.0730. The highest BCUT2D eigenvalue weighted by Crippen LogP contribution is 2.31. The van der Waals surface area contributed by atoms with E-state index in [0.717, 1.165) is 5.69 Å². The number of nitrogens with zero attached hydrogens (tertiary/aromatic N) is 2. The summed E-state index contributed by atoms with van der Waals surface area (Å²) in [5.74, 6) is -0.267. The van der Waals surface area contributed by atoms with Crippen molar-refractivity contribution in [1.29, 1.82) is 0 Å². The average molecular weight is 315 g/mol. The third kappa shape index (κ3) is 2.17. The zero-order valence-electron chi connectivity index (χ0n) is 10.8. The molecule has 98 valence electrons. The number of pyridine rings is 1. The largest absolute Gasteiger partial charge is 0.384 e. The lowest BCUT2D eigenvalue weighted by Gasteiger charge is -2.18. The summed E-state index contributed by atoms with van der Waals surface area (Å²) in [6.45, 7) is 7.32. The van der Waals surface area contributed by atoms with E-state index < -0.39 is 11.4 Å². The molecule has 5 heteroatoms. The molecular formula is C13H16BrFN2O. The van der Waals surface area contributed by atoms with E-state index in [1.54, 1.807) is 24.4 Å². The van der Waals surface area contributed by atoms with Gasteiger partial charge >= 0.3 is 0 Å². The second-order valence-corrected chi connectivity index (χ2v) is 6.17. The van der Waals surface area contributed by atoms with Crippen LogP contribution >= 0.6 is 15.9 Å². The normalized spacial score (nSPS) is 12.7. The highest BCUT2D eigenvalue weighted by atomic mass is 79.9. The van der Waals surface area contributed by atoms with Crippen LogP contribution in [0.25, 0.3) is 5.65 Å². The van der Waals surface area contributed by atoms with Gasteiger partial charge in [0.05, 0.1) is 11.4 Å². The lowest BCUT2D eigenvalue weighted by atomic mass is 9.98. The molecule has 1 N–H and O–H groups in total. The fraction of sp³-hybridized carbons (Fsp3) is 0.462. The van der Waals surface area contributed by atoms with E-state index in [-0.39, 0.29) is 11.6 Å². The van der Waals surface area contributed by atoms with Crippen molar-refractivity contribution in [1.82, 2.24) is 9.38 Å². The van der Waals surface area contributed by atoms with Crippen molar-refractivity contribution >= 4 is 21.6 Å². The van der Waals surface area contributed by atoms with Crippen molar-refractivity contribution in [3.8, 4) is 0 Å². The Labute approximate surface area is 114 Å². The molecule has 2 aromatic rings. The fourth-order valence-electron chi connectivity index (χ4n) is 2.09. The Morgan fingerprint density at radius 3 is 2.56 bits per heavy atom. The summed E-state index contributed by atoms with van der Waals surface area (Å²) in [6, 6.07) is 1.38. The molecule has 0 saturated carbocycles. The van der Waals surface area contributed by atoms with Crippen molar-refractivity contribution in [3.63, 3.8) is 0 Å². The maximum atomic E-state index is 13.9. The first kappa shape index (κ1) is 13.5. The van der Waals surface area contributed by atoms with Gasteiger partial charge in [-0.3, -0.25) is 4.40 Å². The molecule has 2 rings (SSSR count). The number of imidazole rings is 1. The first-order valence-electron chi connectivity index (χ1n) is 5.81. The zero-order valence-corrected chi connectivity index (χ0v) is 12.4. The summed E-state index contributed by atoms with van der Waals surface area (Å²) in [5.41, 5.74) is 0.510. The van der Waals surface area contributed by atoms with Crippen LogP contribution in [-0.4, -0.2) is 14.5 Å². The van der Waals surface area contributed by atoms with Gasteiger partial charge in [-0.15, -0.1) is 0 Å². The van der Waals surface area contributed by atoms with Crippen LogP contribution in [0.4, 0.5) is 4.39 Å². The molecule has 0 aliphatic carbocycles. The number of aliphatic hydroxyl groups is 1. The summed E-state index contributed by atoms with van der Waals surface area (Å²) in [4.78, 5) is 4.26. The van der Waals surface area contributed by atoms with Gasteiger partial charge in [0.25, 0.3) is 0 Å². The van der Waals surface area contributed by atoms with Gasteiger partial charge in [0.1, 0.15) is 5.60 Å². The zero-order chi connectivity index (χ0) is 13.7. The Balaban J connectivity index is 2.89. The Bertz CT molecular complexity index is 599. The van der Waals surface area contributed by atoms with E-state index in [9.17, 15) is 9.50 Å². The molecule has 18 heavy (non-hydrogen) atoms. The van der Waals surface area contributed by atoms with Crippen molar-refractivity contribution < 1.29 is 9.50 Å². The highest BCUT2D eigenvalue weighted by Gasteiger charge is 2.28. The molecule has 0 atom stereocenters. The smallest absolute Gasteiger partial charge is 0.173 e. The van der Waals surface area contributed by atoms with Crippen molar-refractivity contribution in [3.05, 3.63) is 33.9 Å². The summed E-state index contributed by atoms with van der Waals surface area (Å²) in [5, 5.41) is 10.2. The van der Waals surface area contributed by atoms with Gasteiger partial charge in [-0.25, -0.2) is 9.37 Å². The maximum Gasteiger partial charge on any atom is 0.173 e. The number of hydrogen-bond donors (Lipinski definition) is 1. The van der Waals surface area contributed by atoms with Gasteiger partial charge in [0, 0.05) is 10.7 Å². The summed E-state index contributed by atoms with van der Waals surface area (Å²) < 4.78 is 16.3. The third-order valence-electron chi connectivity index (χ3n) is 2.81. The molecule has 0 fully saturated rings. The van der Waals surface area contributed by atoms with Gasteiger partial charge in [-0.2, -0.15) is 0 Å². The number of rotatable bonds is 2. The van der Waals surface area contributed by atoms with Gasteiger partial charge < -0.3 is 5.11 Å². The van der Waals surface area contributed by atoms with Crippen LogP contribution in [0.3, 0.4) is 0 Å². The molecule has 0 spiro atoms. The Hall–Kier alpha value is -0.940. The van der Waals surface area contributed by atoms with Crippen LogP contribution in [0.15, 0.2) is 16.7 Å².